The van der Waals surface area contributed by atoms with E-state index in [1.54, 1.807) is 18.2 Å². The van der Waals surface area contributed by atoms with Crippen molar-refractivity contribution >= 4 is 24.2 Å². The molecule has 1 aromatic rings. The number of carbonyl (C=O) groups excluding carboxylic acids is 2. The maximum atomic E-state index is 13.2. The van der Waals surface area contributed by atoms with Gasteiger partial charge in [-0.05, 0) is 42.7 Å². The highest BCUT2D eigenvalue weighted by molar-refractivity contribution is 5.98. The Kier molecular flexibility index (Phi) is 7.77. The summed E-state index contributed by atoms with van der Waals surface area (Å²) in [7, 11) is 3.07. The summed E-state index contributed by atoms with van der Waals surface area (Å²) in [6.45, 7) is 5.31. The molecule has 8 heteroatoms. The molecular formula is C21H32ClN3O4. The number of hydrogen-bond acceptors (Lipinski definition) is 5. The Morgan fingerprint density at radius 2 is 1.72 bits per heavy atom. The van der Waals surface area contributed by atoms with E-state index in [-0.39, 0.29) is 36.2 Å². The quantitative estimate of drug-likeness (QED) is 0.727. The molecule has 1 saturated carbocycles. The fourth-order valence-corrected chi connectivity index (χ4v) is 4.36. The first-order valence-electron chi connectivity index (χ1n) is 9.92. The van der Waals surface area contributed by atoms with E-state index < -0.39 is 6.04 Å². The van der Waals surface area contributed by atoms with Crippen molar-refractivity contribution < 1.29 is 19.1 Å². The van der Waals surface area contributed by atoms with Gasteiger partial charge in [0.05, 0.1) is 14.2 Å². The van der Waals surface area contributed by atoms with Crippen LogP contribution in [0.2, 0.25) is 0 Å². The number of benzene rings is 1. The Balaban J connectivity index is 0.00000300. The minimum atomic E-state index is -0.584. The molecule has 0 aromatic heterocycles. The van der Waals surface area contributed by atoms with E-state index in [9.17, 15) is 9.59 Å². The topological polar surface area (TPSA) is 93.9 Å². The molecule has 0 radical (unpaired) electrons. The highest BCUT2D eigenvalue weighted by Crippen LogP contribution is 2.37. The molecule has 2 amide bonds. The summed E-state index contributed by atoms with van der Waals surface area (Å²) in [5.74, 6) is 1.55. The van der Waals surface area contributed by atoms with E-state index in [0.29, 0.717) is 35.4 Å². The smallest absolute Gasteiger partial charge is 0.252 e. The second-order valence-corrected chi connectivity index (χ2v) is 8.20. The van der Waals surface area contributed by atoms with Gasteiger partial charge in [0.2, 0.25) is 5.91 Å². The van der Waals surface area contributed by atoms with Crippen LogP contribution in [-0.2, 0) is 4.79 Å². The van der Waals surface area contributed by atoms with Gasteiger partial charge in [-0.25, -0.2) is 0 Å². The van der Waals surface area contributed by atoms with Crippen LogP contribution in [0.4, 0.5) is 0 Å². The van der Waals surface area contributed by atoms with E-state index in [1.807, 2.05) is 18.7 Å². The standard InChI is InChI=1S/C21H31N3O4.ClH/c1-12(2)19(21(26)24-10-13-5-6-18(22)17(13)11-24)23-20(25)14-7-15(27-3)9-16(8-14)28-4;/h7-9,12-13,17-19H,5-6,10-11,22H2,1-4H3,(H,23,25);1H. The number of methoxy groups -OCH3 is 2. The number of carbonyl (C=O) groups is 2. The largest absolute Gasteiger partial charge is 0.497 e. The highest BCUT2D eigenvalue weighted by atomic mass is 35.5. The van der Waals surface area contributed by atoms with E-state index in [2.05, 4.69) is 5.32 Å². The third-order valence-corrected chi connectivity index (χ3v) is 6.06. The van der Waals surface area contributed by atoms with Gasteiger partial charge >= 0.3 is 0 Å². The summed E-state index contributed by atoms with van der Waals surface area (Å²) in [6.07, 6.45) is 2.12. The summed E-state index contributed by atoms with van der Waals surface area (Å²) in [6, 6.07) is 4.57. The maximum absolute atomic E-state index is 13.2. The van der Waals surface area contributed by atoms with Gasteiger partial charge in [0, 0.05) is 30.8 Å². The average molecular weight is 426 g/mol. The van der Waals surface area contributed by atoms with Crippen LogP contribution in [0.15, 0.2) is 18.2 Å². The first kappa shape index (κ1) is 23.3. The monoisotopic (exact) mass is 425 g/mol. The zero-order chi connectivity index (χ0) is 20.4. The molecule has 4 unspecified atom stereocenters. The lowest BCUT2D eigenvalue weighted by atomic mass is 9.98. The fourth-order valence-electron chi connectivity index (χ4n) is 4.36. The number of nitrogens with zero attached hydrogens (tertiary/aromatic N) is 1. The lowest BCUT2D eigenvalue weighted by molar-refractivity contribution is -0.133. The molecule has 2 aliphatic rings. The molecule has 4 atom stereocenters. The molecule has 3 N–H and O–H groups in total. The van der Waals surface area contributed by atoms with Crippen molar-refractivity contribution in [3.8, 4) is 11.5 Å². The molecule has 1 heterocycles. The van der Waals surface area contributed by atoms with Crippen LogP contribution < -0.4 is 20.5 Å². The van der Waals surface area contributed by atoms with Crippen LogP contribution in [0, 0.1) is 17.8 Å². The second-order valence-electron chi connectivity index (χ2n) is 8.20. The predicted octanol–water partition coefficient (Wildman–Crippen LogP) is 2.08. The Morgan fingerprint density at radius 3 is 2.24 bits per heavy atom. The van der Waals surface area contributed by atoms with Crippen LogP contribution in [0.1, 0.15) is 37.0 Å². The highest BCUT2D eigenvalue weighted by Gasteiger charge is 2.44. The Labute approximate surface area is 178 Å². The average Bonchev–Trinajstić information content (AvgIpc) is 3.26. The summed E-state index contributed by atoms with van der Waals surface area (Å²) >= 11 is 0. The van der Waals surface area contributed by atoms with E-state index >= 15 is 0 Å². The third kappa shape index (κ3) is 4.95. The Hall–Kier alpha value is -1.99. The van der Waals surface area contributed by atoms with E-state index in [0.717, 1.165) is 19.4 Å². The number of halogens is 1. The number of likely N-dealkylation sites (tertiary alicyclic amines) is 1. The molecule has 29 heavy (non-hydrogen) atoms. The van der Waals surface area contributed by atoms with Crippen molar-refractivity contribution in [2.45, 2.75) is 38.8 Å². The first-order valence-corrected chi connectivity index (χ1v) is 9.92. The molecule has 1 saturated heterocycles. The second kappa shape index (κ2) is 9.67. The summed E-state index contributed by atoms with van der Waals surface area (Å²) in [5.41, 5.74) is 6.60. The van der Waals surface area contributed by atoms with Crippen LogP contribution in [0.25, 0.3) is 0 Å². The van der Waals surface area contributed by atoms with Gasteiger partial charge in [-0.1, -0.05) is 13.8 Å². The number of nitrogens with two attached hydrogens (primary N) is 1. The van der Waals surface area contributed by atoms with Gasteiger partial charge in [0.25, 0.3) is 5.91 Å². The van der Waals surface area contributed by atoms with Crippen LogP contribution in [0.3, 0.4) is 0 Å². The van der Waals surface area contributed by atoms with E-state index in [4.69, 9.17) is 15.2 Å². The van der Waals surface area contributed by atoms with Crippen LogP contribution >= 0.6 is 12.4 Å². The molecule has 7 nitrogen and oxygen atoms in total. The molecule has 3 rings (SSSR count). The first-order chi connectivity index (χ1) is 13.3. The zero-order valence-corrected chi connectivity index (χ0v) is 18.3. The molecule has 1 aliphatic carbocycles. The van der Waals surface area contributed by atoms with Gasteiger partial charge < -0.3 is 25.4 Å². The van der Waals surface area contributed by atoms with E-state index in [1.165, 1.54) is 14.2 Å². The number of hydrogen-bond donors (Lipinski definition) is 2. The molecule has 2 fully saturated rings. The molecule has 162 valence electrons. The minimum absolute atomic E-state index is 0. The zero-order valence-electron chi connectivity index (χ0n) is 17.5. The lowest BCUT2D eigenvalue weighted by Gasteiger charge is -2.28. The van der Waals surface area contributed by atoms with Crippen molar-refractivity contribution in [3.63, 3.8) is 0 Å². The molecule has 1 aromatic carbocycles. The number of ether oxygens (including phenoxy) is 2. The third-order valence-electron chi connectivity index (χ3n) is 6.06. The normalized spacial score (nSPS) is 23.9. The summed E-state index contributed by atoms with van der Waals surface area (Å²) in [4.78, 5) is 27.9. The van der Waals surface area contributed by atoms with Crippen molar-refractivity contribution in [1.29, 1.82) is 0 Å². The lowest BCUT2D eigenvalue weighted by Crippen LogP contribution is -2.51. The van der Waals surface area contributed by atoms with Crippen molar-refractivity contribution in [2.75, 3.05) is 27.3 Å². The van der Waals surface area contributed by atoms with Gasteiger partial charge in [-0.2, -0.15) is 0 Å². The maximum Gasteiger partial charge on any atom is 0.252 e. The molecular weight excluding hydrogens is 394 g/mol. The van der Waals surface area contributed by atoms with Gasteiger partial charge in [0.15, 0.2) is 0 Å². The Morgan fingerprint density at radius 1 is 1.10 bits per heavy atom. The van der Waals surface area contributed by atoms with Gasteiger partial charge in [0.1, 0.15) is 17.5 Å². The van der Waals surface area contributed by atoms with Crippen molar-refractivity contribution in [2.24, 2.45) is 23.5 Å². The number of nitrogens with one attached hydrogen (secondary N) is 1. The van der Waals surface area contributed by atoms with Crippen LogP contribution in [-0.4, -0.2) is 56.1 Å². The predicted molar refractivity (Wildman–Crippen MR) is 114 cm³/mol. The van der Waals surface area contributed by atoms with Gasteiger partial charge in [-0.3, -0.25) is 9.59 Å². The summed E-state index contributed by atoms with van der Waals surface area (Å²) in [5, 5.41) is 2.92. The SMILES string of the molecule is COc1cc(OC)cc(C(=O)NC(C(=O)N2CC3CCC(N)C3C2)C(C)C)c1.Cl. The number of amides is 2. The number of rotatable bonds is 6. The van der Waals surface area contributed by atoms with Crippen LogP contribution in [0.5, 0.6) is 11.5 Å². The molecule has 1 aliphatic heterocycles. The Bertz CT molecular complexity index is 720. The van der Waals surface area contributed by atoms with Gasteiger partial charge in [-0.15, -0.1) is 12.4 Å². The van der Waals surface area contributed by atoms with Crippen molar-refractivity contribution in [3.05, 3.63) is 23.8 Å². The molecule has 0 spiro atoms. The summed E-state index contributed by atoms with van der Waals surface area (Å²) < 4.78 is 10.5. The number of fused-ring (bicyclic) bond motifs is 1. The fraction of sp³-hybridized carbons (Fsp3) is 0.619. The molecule has 0 bridgehead atoms. The minimum Gasteiger partial charge on any atom is -0.497 e. The van der Waals surface area contributed by atoms with Crippen molar-refractivity contribution in [1.82, 2.24) is 10.2 Å².